The van der Waals surface area contributed by atoms with Gasteiger partial charge in [-0.15, -0.1) is 0 Å². The molecular formula is C11H16N2. The van der Waals surface area contributed by atoms with Gasteiger partial charge in [0, 0.05) is 31.7 Å². The Morgan fingerprint density at radius 1 is 1.46 bits per heavy atom. The number of hydrogen-bond acceptors (Lipinski definition) is 2. The van der Waals surface area contributed by atoms with Gasteiger partial charge in [-0.2, -0.15) is 0 Å². The van der Waals surface area contributed by atoms with E-state index in [-0.39, 0.29) is 0 Å². The lowest BCUT2D eigenvalue weighted by Gasteiger charge is -2.11. The number of benzene rings is 1. The highest BCUT2D eigenvalue weighted by molar-refractivity contribution is 5.59. The van der Waals surface area contributed by atoms with Crippen LogP contribution < -0.4 is 10.2 Å². The third-order valence-corrected chi connectivity index (χ3v) is 2.73. The Hall–Kier alpha value is -1.02. The summed E-state index contributed by atoms with van der Waals surface area (Å²) in [4.78, 5) is 2.33. The van der Waals surface area contributed by atoms with Gasteiger partial charge in [0.2, 0.25) is 0 Å². The summed E-state index contributed by atoms with van der Waals surface area (Å²) in [5, 5.41) is 3.24. The van der Waals surface area contributed by atoms with Gasteiger partial charge in [0.05, 0.1) is 0 Å². The van der Waals surface area contributed by atoms with Crippen molar-refractivity contribution < 1.29 is 0 Å². The standard InChI is InChI=1S/C11H16N2/c1-12-7-9-8-13(2)11-6-4-3-5-10(9)11/h3-6,9,12H,7-8H2,1-2H3. The molecule has 1 heterocycles. The van der Waals surface area contributed by atoms with Gasteiger partial charge < -0.3 is 10.2 Å². The highest BCUT2D eigenvalue weighted by Gasteiger charge is 2.24. The number of rotatable bonds is 2. The quantitative estimate of drug-likeness (QED) is 0.733. The molecule has 0 amide bonds. The Balaban J connectivity index is 2.30. The van der Waals surface area contributed by atoms with Crippen LogP contribution >= 0.6 is 0 Å². The molecule has 1 unspecified atom stereocenters. The first-order valence-corrected chi connectivity index (χ1v) is 4.77. The minimum atomic E-state index is 0.659. The smallest absolute Gasteiger partial charge is 0.0400 e. The average Bonchev–Trinajstić information content (AvgIpc) is 2.46. The molecule has 13 heavy (non-hydrogen) atoms. The number of para-hydroxylation sites is 1. The third kappa shape index (κ3) is 1.42. The molecule has 1 aliphatic heterocycles. The van der Waals surface area contributed by atoms with Gasteiger partial charge in [-0.3, -0.25) is 0 Å². The molecule has 2 heteroatoms. The van der Waals surface area contributed by atoms with E-state index < -0.39 is 0 Å². The van der Waals surface area contributed by atoms with E-state index >= 15 is 0 Å². The van der Waals surface area contributed by atoms with E-state index in [0.717, 1.165) is 13.1 Å². The van der Waals surface area contributed by atoms with E-state index in [9.17, 15) is 0 Å². The van der Waals surface area contributed by atoms with Crippen LogP contribution in [-0.2, 0) is 0 Å². The number of anilines is 1. The molecule has 1 aliphatic rings. The van der Waals surface area contributed by atoms with Crippen molar-refractivity contribution in [3.8, 4) is 0 Å². The van der Waals surface area contributed by atoms with E-state index in [1.54, 1.807) is 0 Å². The van der Waals surface area contributed by atoms with Gasteiger partial charge >= 0.3 is 0 Å². The van der Waals surface area contributed by atoms with Crippen LogP contribution in [0.3, 0.4) is 0 Å². The largest absolute Gasteiger partial charge is 0.374 e. The van der Waals surface area contributed by atoms with E-state index in [1.807, 2.05) is 7.05 Å². The maximum atomic E-state index is 3.24. The van der Waals surface area contributed by atoms with Crippen molar-refractivity contribution in [1.29, 1.82) is 0 Å². The van der Waals surface area contributed by atoms with Gasteiger partial charge in [0.25, 0.3) is 0 Å². The zero-order chi connectivity index (χ0) is 9.26. The zero-order valence-electron chi connectivity index (χ0n) is 8.25. The Morgan fingerprint density at radius 2 is 2.23 bits per heavy atom. The maximum Gasteiger partial charge on any atom is 0.0400 e. The maximum absolute atomic E-state index is 3.24. The van der Waals surface area contributed by atoms with Crippen LogP contribution in [0.1, 0.15) is 11.5 Å². The van der Waals surface area contributed by atoms with Gasteiger partial charge in [0.1, 0.15) is 0 Å². The van der Waals surface area contributed by atoms with E-state index in [0.29, 0.717) is 5.92 Å². The summed E-state index contributed by atoms with van der Waals surface area (Å²) in [5.74, 6) is 0.659. The van der Waals surface area contributed by atoms with Crippen LogP contribution in [0, 0.1) is 0 Å². The van der Waals surface area contributed by atoms with Crippen molar-refractivity contribution in [2.45, 2.75) is 5.92 Å². The molecule has 0 saturated heterocycles. The Bertz CT molecular complexity index is 296. The van der Waals surface area contributed by atoms with Crippen molar-refractivity contribution in [3.05, 3.63) is 29.8 Å². The molecule has 1 atom stereocenters. The molecular weight excluding hydrogens is 160 g/mol. The van der Waals surface area contributed by atoms with Crippen LogP contribution in [-0.4, -0.2) is 27.2 Å². The summed E-state index contributed by atoms with van der Waals surface area (Å²) in [7, 11) is 4.18. The molecule has 1 N–H and O–H groups in total. The molecule has 70 valence electrons. The fourth-order valence-electron chi connectivity index (χ4n) is 2.13. The molecule has 2 nitrogen and oxygen atoms in total. The summed E-state index contributed by atoms with van der Waals surface area (Å²) in [6, 6.07) is 8.67. The summed E-state index contributed by atoms with van der Waals surface area (Å²) < 4.78 is 0. The van der Waals surface area contributed by atoms with Crippen molar-refractivity contribution in [2.75, 3.05) is 32.1 Å². The molecule has 0 spiro atoms. The van der Waals surface area contributed by atoms with Crippen LogP contribution in [0.15, 0.2) is 24.3 Å². The zero-order valence-corrected chi connectivity index (χ0v) is 8.25. The van der Waals surface area contributed by atoms with Crippen molar-refractivity contribution in [1.82, 2.24) is 5.32 Å². The predicted molar refractivity (Wildman–Crippen MR) is 56.4 cm³/mol. The Labute approximate surface area is 79.6 Å². The topological polar surface area (TPSA) is 15.3 Å². The minimum Gasteiger partial charge on any atom is -0.374 e. The van der Waals surface area contributed by atoms with Crippen molar-refractivity contribution >= 4 is 5.69 Å². The van der Waals surface area contributed by atoms with Crippen LogP contribution in [0.2, 0.25) is 0 Å². The number of likely N-dealkylation sites (N-methyl/N-ethyl adjacent to an activating group) is 2. The first-order chi connectivity index (χ1) is 6.33. The molecule has 1 aromatic carbocycles. The summed E-state index contributed by atoms with van der Waals surface area (Å²) in [6.07, 6.45) is 0. The Morgan fingerprint density at radius 3 is 3.00 bits per heavy atom. The summed E-state index contributed by atoms with van der Waals surface area (Å²) in [6.45, 7) is 2.21. The summed E-state index contributed by atoms with van der Waals surface area (Å²) >= 11 is 0. The van der Waals surface area contributed by atoms with Gasteiger partial charge in [-0.25, -0.2) is 0 Å². The molecule has 0 aliphatic carbocycles. The molecule has 0 bridgehead atoms. The lowest BCUT2D eigenvalue weighted by atomic mass is 10.0. The number of nitrogens with zero attached hydrogens (tertiary/aromatic N) is 1. The fraction of sp³-hybridized carbons (Fsp3) is 0.455. The first-order valence-electron chi connectivity index (χ1n) is 4.77. The van der Waals surface area contributed by atoms with Gasteiger partial charge in [-0.1, -0.05) is 18.2 Å². The molecule has 0 saturated carbocycles. The highest BCUT2D eigenvalue weighted by Crippen LogP contribution is 2.34. The normalized spacial score (nSPS) is 20.5. The minimum absolute atomic E-state index is 0.659. The highest BCUT2D eigenvalue weighted by atomic mass is 15.1. The summed E-state index contributed by atoms with van der Waals surface area (Å²) in [5.41, 5.74) is 2.88. The average molecular weight is 176 g/mol. The monoisotopic (exact) mass is 176 g/mol. The van der Waals surface area contributed by atoms with Crippen LogP contribution in [0.5, 0.6) is 0 Å². The molecule has 1 aromatic rings. The van der Waals surface area contributed by atoms with Crippen molar-refractivity contribution in [2.24, 2.45) is 0 Å². The van der Waals surface area contributed by atoms with Crippen LogP contribution in [0.4, 0.5) is 5.69 Å². The number of hydrogen-bond donors (Lipinski definition) is 1. The van der Waals surface area contributed by atoms with Crippen LogP contribution in [0.25, 0.3) is 0 Å². The lowest BCUT2D eigenvalue weighted by molar-refractivity contribution is 0.654. The van der Waals surface area contributed by atoms with Crippen molar-refractivity contribution in [3.63, 3.8) is 0 Å². The molecule has 0 aromatic heterocycles. The second-order valence-electron chi connectivity index (χ2n) is 3.69. The lowest BCUT2D eigenvalue weighted by Crippen LogP contribution is -2.22. The van der Waals surface area contributed by atoms with Gasteiger partial charge in [-0.05, 0) is 18.7 Å². The van der Waals surface area contributed by atoms with E-state index in [4.69, 9.17) is 0 Å². The van der Waals surface area contributed by atoms with E-state index in [1.165, 1.54) is 11.3 Å². The number of fused-ring (bicyclic) bond motifs is 1. The molecule has 2 rings (SSSR count). The fourth-order valence-corrected chi connectivity index (χ4v) is 2.13. The second kappa shape index (κ2) is 3.38. The predicted octanol–water partition coefficient (Wildman–Crippen LogP) is 1.44. The molecule has 0 radical (unpaired) electrons. The number of nitrogens with one attached hydrogen (secondary N) is 1. The van der Waals surface area contributed by atoms with E-state index in [2.05, 4.69) is 41.5 Å². The Kier molecular flexibility index (Phi) is 2.23. The third-order valence-electron chi connectivity index (χ3n) is 2.73. The second-order valence-corrected chi connectivity index (χ2v) is 3.69. The molecule has 0 fully saturated rings. The SMILES string of the molecule is CNCC1CN(C)c2ccccc21. The first kappa shape index (κ1) is 8.57. The van der Waals surface area contributed by atoms with Gasteiger partial charge in [0.15, 0.2) is 0 Å².